The number of nitrogens with zero attached hydrogens (tertiary/aromatic N) is 2. The Kier molecular flexibility index (Phi) is 10.8. The van der Waals surface area contributed by atoms with Crippen LogP contribution < -0.4 is 5.19 Å². The van der Waals surface area contributed by atoms with E-state index in [4.69, 9.17) is 4.98 Å². The van der Waals surface area contributed by atoms with E-state index in [2.05, 4.69) is 111 Å². The van der Waals surface area contributed by atoms with Gasteiger partial charge in [0, 0.05) is 31.2 Å². The van der Waals surface area contributed by atoms with Crippen LogP contribution in [0.1, 0.15) is 19.4 Å². The second kappa shape index (κ2) is 14.3. The van der Waals surface area contributed by atoms with E-state index >= 15 is 0 Å². The molecular weight excluding hydrogens is 725 g/mol. The molecule has 0 N–H and O–H groups in total. The summed E-state index contributed by atoms with van der Waals surface area (Å²) in [4.78, 5) is 10.7. The van der Waals surface area contributed by atoms with Gasteiger partial charge in [0.25, 0.3) is 0 Å². The first-order valence-corrected chi connectivity index (χ1v) is 18.5. The van der Waals surface area contributed by atoms with Crippen molar-refractivity contribution >= 4 is 34.8 Å². The van der Waals surface area contributed by atoms with E-state index in [0.717, 1.165) is 34.5 Å². The fraction of sp³-hybridized carbons (Fsp3) is 0.189. The maximum absolute atomic E-state index is 4.77. The summed E-state index contributed by atoms with van der Waals surface area (Å²) in [7, 11) is -1.34. The Bertz CT molecular complexity index is 1670. The molecule has 3 aromatic heterocycles. The molecule has 0 amide bonds. The molecule has 3 heterocycles. The number of pyridine rings is 2. The van der Waals surface area contributed by atoms with Gasteiger partial charge in [0.05, 0.1) is 18.3 Å². The second-order valence-corrected chi connectivity index (χ2v) is 17.8. The molecule has 3 aromatic carbocycles. The average Bonchev–Trinajstić information content (AvgIpc) is 3.42. The standard InChI is InChI=1S/C19H12NS.C18H24NSi.Ir/c1-3-7-14(8-4-1)16-11-12-18-17(20-16)13-19(21-18)15-9-5-2-6-10-15;1-14(2)11-16-12-17(15-9-7-6-8-10-15)19-13-18(16)20(3,4)5;/h1-7,9-13H;6-9,12-14H,11H2,1-5H3;/q2*-1;. The van der Waals surface area contributed by atoms with Crippen LogP contribution in [0.25, 0.3) is 43.2 Å². The molecule has 42 heavy (non-hydrogen) atoms. The summed E-state index contributed by atoms with van der Waals surface area (Å²) in [6.07, 6.45) is 3.24. The summed E-state index contributed by atoms with van der Waals surface area (Å²) in [5.74, 6) is 0.667. The normalized spacial score (nSPS) is 11.1. The Labute approximate surface area is 269 Å². The Hall–Kier alpha value is -3.21. The molecule has 0 saturated heterocycles. The van der Waals surface area contributed by atoms with Gasteiger partial charge in [-0.25, -0.2) is 0 Å². The topological polar surface area (TPSA) is 25.8 Å². The molecule has 0 spiro atoms. The van der Waals surface area contributed by atoms with Crippen LogP contribution in [-0.4, -0.2) is 18.0 Å². The third-order valence-electron chi connectivity index (χ3n) is 6.83. The third-order valence-corrected chi connectivity index (χ3v) is 10.0. The molecule has 0 unspecified atom stereocenters. The molecule has 1 radical (unpaired) electrons. The summed E-state index contributed by atoms with van der Waals surface area (Å²) in [6, 6.07) is 41.6. The van der Waals surface area contributed by atoms with Gasteiger partial charge in [0.15, 0.2) is 0 Å². The third kappa shape index (κ3) is 7.99. The zero-order chi connectivity index (χ0) is 28.8. The molecule has 0 aliphatic carbocycles. The Morgan fingerprint density at radius 1 is 0.762 bits per heavy atom. The minimum absolute atomic E-state index is 0. The van der Waals surface area contributed by atoms with E-state index in [-0.39, 0.29) is 20.1 Å². The number of aromatic nitrogens is 2. The fourth-order valence-corrected chi connectivity index (χ4v) is 7.45. The van der Waals surface area contributed by atoms with Gasteiger partial charge in [-0.1, -0.05) is 81.5 Å². The number of thiophene rings is 1. The van der Waals surface area contributed by atoms with Crippen LogP contribution in [0.2, 0.25) is 19.6 Å². The maximum Gasteiger partial charge on any atom is 0.0798 e. The molecule has 2 nitrogen and oxygen atoms in total. The molecule has 215 valence electrons. The van der Waals surface area contributed by atoms with E-state index < -0.39 is 8.07 Å². The Balaban J connectivity index is 0.000000189. The summed E-state index contributed by atoms with van der Waals surface area (Å²) in [5, 5.41) is 1.49. The van der Waals surface area contributed by atoms with Gasteiger partial charge in [0.2, 0.25) is 0 Å². The van der Waals surface area contributed by atoms with Crippen LogP contribution in [0.5, 0.6) is 0 Å². The fourth-order valence-electron chi connectivity index (χ4n) is 4.85. The van der Waals surface area contributed by atoms with Crippen molar-refractivity contribution in [3.05, 3.63) is 127 Å². The van der Waals surface area contributed by atoms with Gasteiger partial charge in [-0.15, -0.1) is 83.1 Å². The molecule has 6 rings (SSSR count). The first-order chi connectivity index (χ1) is 19.8. The van der Waals surface area contributed by atoms with Crippen molar-refractivity contribution in [2.24, 2.45) is 5.92 Å². The van der Waals surface area contributed by atoms with Crippen molar-refractivity contribution in [3.63, 3.8) is 0 Å². The van der Waals surface area contributed by atoms with E-state index in [0.29, 0.717) is 5.92 Å². The molecule has 0 fully saturated rings. The maximum atomic E-state index is 4.77. The molecule has 0 bridgehead atoms. The minimum Gasteiger partial charge on any atom is -0.305 e. The molecular formula is C37H36IrN2SSi-2. The van der Waals surface area contributed by atoms with Crippen molar-refractivity contribution in [2.45, 2.75) is 39.9 Å². The Morgan fingerprint density at radius 2 is 1.40 bits per heavy atom. The summed E-state index contributed by atoms with van der Waals surface area (Å²) in [6.45, 7) is 11.7. The SMILES string of the molecule is CC(C)Cc1cc(-c2[c-]cccc2)ncc1[Si](C)(C)C.[Ir].[c-]1ccccc1-c1ccc2sc(-c3ccccc3)cc2n1. The van der Waals surface area contributed by atoms with Crippen molar-refractivity contribution in [3.8, 4) is 33.0 Å². The molecule has 0 aliphatic heterocycles. The summed E-state index contributed by atoms with van der Waals surface area (Å²) in [5.41, 5.74) is 7.90. The zero-order valence-corrected chi connectivity index (χ0v) is 29.0. The first-order valence-electron chi connectivity index (χ1n) is 14.2. The molecule has 0 aliphatic rings. The van der Waals surface area contributed by atoms with Gasteiger partial charge in [0.1, 0.15) is 0 Å². The number of rotatable bonds is 6. The number of hydrogen-bond acceptors (Lipinski definition) is 3. The van der Waals surface area contributed by atoms with Crippen molar-refractivity contribution in [2.75, 3.05) is 0 Å². The second-order valence-electron chi connectivity index (χ2n) is 11.7. The van der Waals surface area contributed by atoms with Crippen LogP contribution in [0.15, 0.2) is 109 Å². The number of benzene rings is 3. The van der Waals surface area contributed by atoms with Gasteiger partial charge in [-0.05, 0) is 46.6 Å². The smallest absolute Gasteiger partial charge is 0.0798 e. The van der Waals surface area contributed by atoms with Gasteiger partial charge >= 0.3 is 0 Å². The van der Waals surface area contributed by atoms with Crippen molar-refractivity contribution in [1.29, 1.82) is 0 Å². The van der Waals surface area contributed by atoms with Gasteiger partial charge < -0.3 is 4.98 Å². The predicted molar refractivity (Wildman–Crippen MR) is 179 cm³/mol. The monoisotopic (exact) mass is 761 g/mol. The summed E-state index contributed by atoms with van der Waals surface area (Å²) >= 11 is 1.78. The largest absolute Gasteiger partial charge is 0.305 e. The van der Waals surface area contributed by atoms with Crippen LogP contribution in [0.4, 0.5) is 0 Å². The van der Waals surface area contributed by atoms with E-state index in [1.54, 1.807) is 11.3 Å². The minimum atomic E-state index is -1.34. The van der Waals surface area contributed by atoms with Gasteiger partial charge in [-0.2, -0.15) is 0 Å². The predicted octanol–water partition coefficient (Wildman–Crippen LogP) is 9.72. The molecule has 0 atom stereocenters. The number of fused-ring (bicyclic) bond motifs is 1. The Morgan fingerprint density at radius 3 is 2.00 bits per heavy atom. The first kappa shape index (κ1) is 31.7. The quantitative estimate of drug-likeness (QED) is 0.125. The van der Waals surface area contributed by atoms with E-state index in [1.165, 1.54) is 25.9 Å². The molecule has 0 saturated carbocycles. The van der Waals surface area contributed by atoms with Crippen LogP contribution in [0, 0.1) is 18.1 Å². The van der Waals surface area contributed by atoms with E-state index in [9.17, 15) is 0 Å². The average molecular weight is 761 g/mol. The van der Waals surface area contributed by atoms with Gasteiger partial charge in [-0.3, -0.25) is 4.98 Å². The van der Waals surface area contributed by atoms with Crippen LogP contribution in [-0.2, 0) is 26.5 Å². The van der Waals surface area contributed by atoms with Crippen LogP contribution >= 0.6 is 11.3 Å². The zero-order valence-electron chi connectivity index (χ0n) is 24.8. The van der Waals surface area contributed by atoms with Crippen molar-refractivity contribution in [1.82, 2.24) is 9.97 Å². The summed E-state index contributed by atoms with van der Waals surface area (Å²) < 4.78 is 1.22. The molecule has 5 heteroatoms. The van der Waals surface area contributed by atoms with E-state index in [1.807, 2.05) is 48.5 Å². The van der Waals surface area contributed by atoms with Crippen molar-refractivity contribution < 1.29 is 20.1 Å². The molecule has 6 aromatic rings. The number of hydrogen-bond donors (Lipinski definition) is 0. The van der Waals surface area contributed by atoms with Crippen LogP contribution in [0.3, 0.4) is 0 Å².